The van der Waals surface area contributed by atoms with E-state index in [1.54, 1.807) is 12.1 Å². The smallest absolute Gasteiger partial charge is 0.377 e. The van der Waals surface area contributed by atoms with Gasteiger partial charge in [-0.15, -0.1) is 0 Å². The highest BCUT2D eigenvalue weighted by molar-refractivity contribution is 6.39. The molecule has 15 heavy (non-hydrogen) atoms. The van der Waals surface area contributed by atoms with Gasteiger partial charge in [0.25, 0.3) is 5.78 Å². The van der Waals surface area contributed by atoms with Crippen LogP contribution < -0.4 is 0 Å². The molecule has 0 heterocycles. The number of rotatable bonds is 2. The Labute approximate surface area is 88.7 Å². The number of carbonyl (C=O) groups excluding carboxylic acids is 1. The molecule has 0 fully saturated rings. The molecule has 1 aromatic carbocycles. The summed E-state index contributed by atoms with van der Waals surface area (Å²) in [6.07, 6.45) is 0. The molecule has 0 saturated heterocycles. The van der Waals surface area contributed by atoms with Crippen LogP contribution in [0.25, 0.3) is 0 Å². The second-order valence-electron chi connectivity index (χ2n) is 4.47. The minimum atomic E-state index is -1.42. The minimum Gasteiger partial charge on any atom is -0.475 e. The summed E-state index contributed by atoms with van der Waals surface area (Å²) in [6.45, 7) is 6.03. The van der Waals surface area contributed by atoms with Crippen LogP contribution in [0.2, 0.25) is 0 Å². The van der Waals surface area contributed by atoms with E-state index in [1.165, 1.54) is 6.07 Å². The lowest BCUT2D eigenvalue weighted by molar-refractivity contribution is -0.131. The highest BCUT2D eigenvalue weighted by Gasteiger charge is 2.18. The maximum Gasteiger partial charge on any atom is 0.377 e. The second-order valence-corrected chi connectivity index (χ2v) is 4.47. The molecule has 0 radical (unpaired) electrons. The van der Waals surface area contributed by atoms with Crippen molar-refractivity contribution in [2.75, 3.05) is 0 Å². The fourth-order valence-corrected chi connectivity index (χ4v) is 1.25. The highest BCUT2D eigenvalue weighted by Crippen LogP contribution is 2.22. The summed E-state index contributed by atoms with van der Waals surface area (Å²) in [5.74, 6) is -2.28. The van der Waals surface area contributed by atoms with Crippen LogP contribution >= 0.6 is 0 Å². The molecule has 3 heteroatoms. The van der Waals surface area contributed by atoms with Gasteiger partial charge in [0, 0.05) is 5.56 Å². The molecule has 0 aliphatic rings. The molecule has 0 unspecified atom stereocenters. The van der Waals surface area contributed by atoms with Gasteiger partial charge in [-0.1, -0.05) is 39.0 Å². The monoisotopic (exact) mass is 206 g/mol. The maximum atomic E-state index is 11.2. The molecule has 0 aliphatic heterocycles. The Hall–Kier alpha value is -1.64. The summed E-state index contributed by atoms with van der Waals surface area (Å²) in [5, 5.41) is 8.58. The summed E-state index contributed by atoms with van der Waals surface area (Å²) >= 11 is 0. The lowest BCUT2D eigenvalue weighted by Gasteiger charge is -2.19. The van der Waals surface area contributed by atoms with E-state index >= 15 is 0 Å². The Morgan fingerprint density at radius 1 is 1.20 bits per heavy atom. The molecule has 80 valence electrons. The van der Waals surface area contributed by atoms with Crippen molar-refractivity contribution in [3.63, 3.8) is 0 Å². The van der Waals surface area contributed by atoms with Gasteiger partial charge in [0.2, 0.25) is 0 Å². The SMILES string of the molecule is CC(C)(C)c1cccc(C(=O)C(=O)O)c1. The van der Waals surface area contributed by atoms with Crippen molar-refractivity contribution in [1.29, 1.82) is 0 Å². The summed E-state index contributed by atoms with van der Waals surface area (Å²) in [5.41, 5.74) is 1.10. The first-order valence-corrected chi connectivity index (χ1v) is 4.70. The van der Waals surface area contributed by atoms with Crippen molar-refractivity contribution in [1.82, 2.24) is 0 Å². The molecule has 0 amide bonds. The van der Waals surface area contributed by atoms with Crippen LogP contribution in [0.3, 0.4) is 0 Å². The van der Waals surface area contributed by atoms with Gasteiger partial charge in [0.05, 0.1) is 0 Å². The minimum absolute atomic E-state index is 0.0885. The van der Waals surface area contributed by atoms with Gasteiger partial charge in [-0.3, -0.25) is 4.79 Å². The second kappa shape index (κ2) is 3.85. The summed E-state index contributed by atoms with van der Waals surface area (Å²) in [6, 6.07) is 6.75. The number of benzene rings is 1. The van der Waals surface area contributed by atoms with Crippen LogP contribution in [0.1, 0.15) is 36.7 Å². The molecule has 0 bridgehead atoms. The average Bonchev–Trinajstić information content (AvgIpc) is 2.15. The molecule has 1 N–H and O–H groups in total. The molecule has 0 aliphatic carbocycles. The first kappa shape index (κ1) is 11.4. The molecule has 1 aromatic rings. The largest absolute Gasteiger partial charge is 0.475 e. The van der Waals surface area contributed by atoms with E-state index < -0.39 is 11.8 Å². The standard InChI is InChI=1S/C12H14O3/c1-12(2,3)9-6-4-5-8(7-9)10(13)11(14)15/h4-7H,1-3H3,(H,14,15). The number of carboxylic acids is 1. The van der Waals surface area contributed by atoms with Gasteiger partial charge in [-0.05, 0) is 17.0 Å². The van der Waals surface area contributed by atoms with Crippen molar-refractivity contribution in [3.8, 4) is 0 Å². The van der Waals surface area contributed by atoms with Crippen LogP contribution in [0.5, 0.6) is 0 Å². The zero-order chi connectivity index (χ0) is 11.6. The number of Topliss-reactive ketones (excluding diaryl/α,β-unsaturated/α-hetero) is 1. The zero-order valence-corrected chi connectivity index (χ0v) is 9.07. The molecule has 0 aromatic heterocycles. The zero-order valence-electron chi connectivity index (χ0n) is 9.07. The Balaban J connectivity index is 3.14. The Morgan fingerprint density at radius 2 is 1.80 bits per heavy atom. The topological polar surface area (TPSA) is 54.4 Å². The van der Waals surface area contributed by atoms with Crippen molar-refractivity contribution < 1.29 is 14.7 Å². The van der Waals surface area contributed by atoms with Gasteiger partial charge in [-0.2, -0.15) is 0 Å². The maximum absolute atomic E-state index is 11.2. The van der Waals surface area contributed by atoms with E-state index in [0.717, 1.165) is 5.56 Å². The van der Waals surface area contributed by atoms with E-state index in [0.29, 0.717) is 0 Å². The predicted octanol–water partition coefficient (Wildman–Crippen LogP) is 2.25. The van der Waals surface area contributed by atoms with Crippen LogP contribution in [0.15, 0.2) is 24.3 Å². The van der Waals surface area contributed by atoms with Crippen molar-refractivity contribution in [2.24, 2.45) is 0 Å². The summed E-state index contributed by atoms with van der Waals surface area (Å²) < 4.78 is 0. The number of hydrogen-bond donors (Lipinski definition) is 1. The van der Waals surface area contributed by atoms with Crippen LogP contribution in [-0.2, 0) is 10.2 Å². The summed E-state index contributed by atoms with van der Waals surface area (Å²) in [7, 11) is 0. The lowest BCUT2D eigenvalue weighted by atomic mass is 9.86. The predicted molar refractivity (Wildman–Crippen MR) is 57.1 cm³/mol. The quantitative estimate of drug-likeness (QED) is 0.596. The van der Waals surface area contributed by atoms with Gasteiger partial charge in [0.1, 0.15) is 0 Å². The highest BCUT2D eigenvalue weighted by atomic mass is 16.4. The number of ketones is 1. The fraction of sp³-hybridized carbons (Fsp3) is 0.333. The number of aliphatic carboxylic acids is 1. The number of carboxylic acid groups (broad SMARTS) is 1. The number of carbonyl (C=O) groups is 2. The first-order valence-electron chi connectivity index (χ1n) is 4.70. The van der Waals surface area contributed by atoms with E-state index in [9.17, 15) is 9.59 Å². The third-order valence-electron chi connectivity index (χ3n) is 2.19. The molecular formula is C12H14O3. The Kier molecular flexibility index (Phi) is 2.93. The molecule has 1 rings (SSSR count). The third kappa shape index (κ3) is 2.65. The normalized spacial score (nSPS) is 11.1. The van der Waals surface area contributed by atoms with Crippen LogP contribution in [0.4, 0.5) is 0 Å². The lowest BCUT2D eigenvalue weighted by Crippen LogP contribution is -2.16. The fourth-order valence-electron chi connectivity index (χ4n) is 1.25. The van der Waals surface area contributed by atoms with Crippen molar-refractivity contribution in [2.45, 2.75) is 26.2 Å². The van der Waals surface area contributed by atoms with Crippen LogP contribution in [0, 0.1) is 0 Å². The molecule has 0 saturated carbocycles. The van der Waals surface area contributed by atoms with Gasteiger partial charge >= 0.3 is 5.97 Å². The molecule has 0 atom stereocenters. The average molecular weight is 206 g/mol. The van der Waals surface area contributed by atoms with E-state index in [1.807, 2.05) is 26.8 Å². The van der Waals surface area contributed by atoms with Crippen molar-refractivity contribution >= 4 is 11.8 Å². The first-order chi connectivity index (χ1) is 6.82. The van der Waals surface area contributed by atoms with Crippen molar-refractivity contribution in [3.05, 3.63) is 35.4 Å². The number of hydrogen-bond acceptors (Lipinski definition) is 2. The van der Waals surface area contributed by atoms with Gasteiger partial charge in [-0.25, -0.2) is 4.79 Å². The molecule has 3 nitrogen and oxygen atoms in total. The molecule has 0 spiro atoms. The van der Waals surface area contributed by atoms with E-state index in [-0.39, 0.29) is 11.0 Å². The van der Waals surface area contributed by atoms with Crippen LogP contribution in [-0.4, -0.2) is 16.9 Å². The third-order valence-corrected chi connectivity index (χ3v) is 2.19. The Morgan fingerprint density at radius 3 is 2.27 bits per heavy atom. The van der Waals surface area contributed by atoms with Gasteiger partial charge < -0.3 is 5.11 Å². The summed E-state index contributed by atoms with van der Waals surface area (Å²) in [4.78, 5) is 21.7. The Bertz CT molecular complexity index is 400. The molecular weight excluding hydrogens is 192 g/mol. The van der Waals surface area contributed by atoms with Gasteiger partial charge in [0.15, 0.2) is 0 Å². The van der Waals surface area contributed by atoms with E-state index in [4.69, 9.17) is 5.11 Å². The van der Waals surface area contributed by atoms with E-state index in [2.05, 4.69) is 0 Å².